The first-order valence-corrected chi connectivity index (χ1v) is 11.5. The lowest BCUT2D eigenvalue weighted by Crippen LogP contribution is -2.63. The summed E-state index contributed by atoms with van der Waals surface area (Å²) in [6.45, 7) is 3.52. The predicted molar refractivity (Wildman–Crippen MR) is 114 cm³/mol. The van der Waals surface area contributed by atoms with Gasteiger partial charge in [0.1, 0.15) is 11.4 Å². The van der Waals surface area contributed by atoms with Crippen LogP contribution in [0.2, 0.25) is 0 Å². The van der Waals surface area contributed by atoms with Crippen molar-refractivity contribution in [3.8, 4) is 0 Å². The van der Waals surface area contributed by atoms with Gasteiger partial charge in [-0.3, -0.25) is 4.90 Å². The molecule has 1 spiro atoms. The van der Waals surface area contributed by atoms with Crippen molar-refractivity contribution in [2.75, 3.05) is 32.8 Å². The van der Waals surface area contributed by atoms with Gasteiger partial charge in [-0.25, -0.2) is 9.18 Å². The van der Waals surface area contributed by atoms with Crippen LogP contribution in [0.5, 0.6) is 0 Å². The van der Waals surface area contributed by atoms with Gasteiger partial charge in [0.05, 0.1) is 25.8 Å². The molecule has 1 aromatic rings. The minimum atomic E-state index is -0.869. The van der Waals surface area contributed by atoms with E-state index in [0.29, 0.717) is 38.1 Å². The zero-order valence-corrected chi connectivity index (χ0v) is 17.8. The Kier molecular flexibility index (Phi) is 5.52. The van der Waals surface area contributed by atoms with Crippen LogP contribution in [-0.4, -0.2) is 76.6 Å². The minimum Gasteiger partial charge on any atom is -0.465 e. The number of rotatable bonds is 3. The number of carbonyl (C=O) groups is 1. The monoisotopic (exact) mass is 430 g/mol. The molecular formula is C24H31FN2O4. The average molecular weight is 431 g/mol. The molecule has 2 atom stereocenters. The number of aliphatic hydroxyl groups excluding tert-OH is 1. The Labute approximate surface area is 182 Å². The fourth-order valence-electron chi connectivity index (χ4n) is 5.86. The maximum Gasteiger partial charge on any atom is 0.407 e. The van der Waals surface area contributed by atoms with Gasteiger partial charge in [0.2, 0.25) is 0 Å². The molecule has 3 aliphatic heterocycles. The number of amides is 1. The molecule has 0 radical (unpaired) electrons. The van der Waals surface area contributed by atoms with Gasteiger partial charge in [0.25, 0.3) is 0 Å². The van der Waals surface area contributed by atoms with E-state index in [0.717, 1.165) is 56.3 Å². The largest absolute Gasteiger partial charge is 0.465 e. The van der Waals surface area contributed by atoms with Gasteiger partial charge in [-0.2, -0.15) is 0 Å². The lowest BCUT2D eigenvalue weighted by atomic mass is 9.81. The molecule has 0 bridgehead atoms. The summed E-state index contributed by atoms with van der Waals surface area (Å²) in [5, 5.41) is 18.9. The first-order chi connectivity index (χ1) is 14.9. The van der Waals surface area contributed by atoms with Crippen LogP contribution < -0.4 is 0 Å². The first-order valence-electron chi connectivity index (χ1n) is 11.5. The van der Waals surface area contributed by atoms with E-state index in [1.165, 1.54) is 10.5 Å². The Balaban J connectivity index is 1.23. The highest BCUT2D eigenvalue weighted by atomic mass is 19.1. The Morgan fingerprint density at radius 1 is 1.19 bits per heavy atom. The number of piperidine rings is 1. The van der Waals surface area contributed by atoms with Crippen molar-refractivity contribution in [2.24, 2.45) is 0 Å². The summed E-state index contributed by atoms with van der Waals surface area (Å²) in [6, 6.07) is 5.52. The highest BCUT2D eigenvalue weighted by Gasteiger charge is 2.52. The standard InChI is InChI=1S/C24H31FN2O4/c25-18-3-6-21(16-1-4-20(28)5-2-16)22(11-18)17-7-9-26(10-8-17)19-12-24(31-13-19)14-27(15-24)23(29)30/h1,3,6,11,17,19-20,28H,2,4-5,7-10,12-15H2,(H,29,30). The smallest absolute Gasteiger partial charge is 0.407 e. The van der Waals surface area contributed by atoms with Crippen LogP contribution in [0, 0.1) is 5.82 Å². The van der Waals surface area contributed by atoms with Crippen LogP contribution in [0.3, 0.4) is 0 Å². The van der Waals surface area contributed by atoms with E-state index in [4.69, 9.17) is 9.84 Å². The average Bonchev–Trinajstić information content (AvgIpc) is 3.19. The Morgan fingerprint density at radius 2 is 1.97 bits per heavy atom. The molecule has 7 heteroatoms. The molecule has 31 heavy (non-hydrogen) atoms. The van der Waals surface area contributed by atoms with Gasteiger partial charge in [-0.15, -0.1) is 0 Å². The van der Waals surface area contributed by atoms with Crippen LogP contribution in [0.1, 0.15) is 55.6 Å². The van der Waals surface area contributed by atoms with Crippen LogP contribution >= 0.6 is 0 Å². The molecular weight excluding hydrogens is 399 g/mol. The van der Waals surface area contributed by atoms with Gasteiger partial charge < -0.3 is 19.8 Å². The number of benzene rings is 1. The minimum absolute atomic E-state index is 0.184. The fourth-order valence-corrected chi connectivity index (χ4v) is 5.86. The van der Waals surface area contributed by atoms with Crippen molar-refractivity contribution in [1.29, 1.82) is 0 Å². The fraction of sp³-hybridized carbons (Fsp3) is 0.625. The van der Waals surface area contributed by atoms with E-state index < -0.39 is 6.09 Å². The zero-order chi connectivity index (χ0) is 21.6. The van der Waals surface area contributed by atoms with Crippen LogP contribution in [0.25, 0.3) is 5.57 Å². The summed E-state index contributed by atoms with van der Waals surface area (Å²) in [5.41, 5.74) is 3.21. The molecule has 1 aromatic carbocycles. The number of hydrogen-bond acceptors (Lipinski definition) is 4. The Morgan fingerprint density at radius 3 is 2.65 bits per heavy atom. The van der Waals surface area contributed by atoms with Gasteiger partial charge >= 0.3 is 6.09 Å². The molecule has 1 aliphatic carbocycles. The molecule has 168 valence electrons. The molecule has 4 aliphatic rings. The van der Waals surface area contributed by atoms with E-state index in [-0.39, 0.29) is 17.5 Å². The highest BCUT2D eigenvalue weighted by molar-refractivity contribution is 5.69. The molecule has 3 heterocycles. The van der Waals surface area contributed by atoms with Crippen molar-refractivity contribution < 1.29 is 24.1 Å². The van der Waals surface area contributed by atoms with Crippen LogP contribution in [-0.2, 0) is 4.74 Å². The van der Waals surface area contributed by atoms with Crippen LogP contribution in [0.15, 0.2) is 24.3 Å². The van der Waals surface area contributed by atoms with E-state index >= 15 is 0 Å². The van der Waals surface area contributed by atoms with Gasteiger partial charge in [0, 0.05) is 6.04 Å². The predicted octanol–water partition coefficient (Wildman–Crippen LogP) is 3.45. The molecule has 1 amide bonds. The molecule has 0 aromatic heterocycles. The number of halogens is 1. The normalized spacial score (nSPS) is 29.1. The molecule has 3 fully saturated rings. The molecule has 2 unspecified atom stereocenters. The summed E-state index contributed by atoms with van der Waals surface area (Å²) in [4.78, 5) is 15.0. The van der Waals surface area contributed by atoms with Gasteiger partial charge in [-0.1, -0.05) is 12.1 Å². The summed E-state index contributed by atoms with van der Waals surface area (Å²) >= 11 is 0. The second kappa shape index (κ2) is 8.19. The summed E-state index contributed by atoms with van der Waals surface area (Å²) < 4.78 is 20.2. The number of hydrogen-bond donors (Lipinski definition) is 2. The van der Waals surface area contributed by atoms with Gasteiger partial charge in [-0.05, 0) is 86.4 Å². The molecule has 5 rings (SSSR count). The highest BCUT2D eigenvalue weighted by Crippen LogP contribution is 2.40. The third kappa shape index (κ3) is 4.11. The Bertz CT molecular complexity index is 874. The molecule has 2 N–H and O–H groups in total. The second-order valence-electron chi connectivity index (χ2n) is 9.69. The number of ether oxygens (including phenoxy) is 1. The summed E-state index contributed by atoms with van der Waals surface area (Å²) in [5.74, 6) is 0.147. The second-order valence-corrected chi connectivity index (χ2v) is 9.69. The lowest BCUT2D eigenvalue weighted by molar-refractivity contribution is -0.0982. The lowest BCUT2D eigenvalue weighted by Gasteiger charge is -2.45. The number of nitrogens with zero attached hydrogens (tertiary/aromatic N) is 2. The Hall–Kier alpha value is -1.96. The SMILES string of the molecule is O=C(O)N1CC2(CC(N3CCC(c4cc(F)ccc4C4=CCC(O)CC4)CC3)CO2)C1. The zero-order valence-electron chi connectivity index (χ0n) is 17.8. The van der Waals surface area contributed by atoms with Crippen molar-refractivity contribution in [2.45, 2.75) is 62.2 Å². The number of likely N-dealkylation sites (tertiary alicyclic amines) is 2. The van der Waals surface area contributed by atoms with Crippen molar-refractivity contribution in [3.05, 3.63) is 41.2 Å². The van der Waals surface area contributed by atoms with Crippen molar-refractivity contribution in [3.63, 3.8) is 0 Å². The van der Waals surface area contributed by atoms with E-state index in [9.17, 15) is 14.3 Å². The summed E-state index contributed by atoms with van der Waals surface area (Å²) in [7, 11) is 0. The molecule has 6 nitrogen and oxygen atoms in total. The topological polar surface area (TPSA) is 73.2 Å². The third-order valence-electron chi connectivity index (χ3n) is 7.65. The molecule has 3 saturated heterocycles. The van der Waals surface area contributed by atoms with E-state index in [1.54, 1.807) is 12.1 Å². The first kappa shape index (κ1) is 20.9. The third-order valence-corrected chi connectivity index (χ3v) is 7.65. The van der Waals surface area contributed by atoms with Crippen LogP contribution in [0.4, 0.5) is 9.18 Å². The number of allylic oxidation sites excluding steroid dienone is 1. The van der Waals surface area contributed by atoms with E-state index in [1.807, 2.05) is 6.07 Å². The van der Waals surface area contributed by atoms with Crippen molar-refractivity contribution in [1.82, 2.24) is 9.80 Å². The van der Waals surface area contributed by atoms with Gasteiger partial charge in [0.15, 0.2) is 0 Å². The van der Waals surface area contributed by atoms with Crippen molar-refractivity contribution >= 4 is 11.7 Å². The number of carboxylic acid groups (broad SMARTS) is 1. The van der Waals surface area contributed by atoms with E-state index in [2.05, 4.69) is 11.0 Å². The quantitative estimate of drug-likeness (QED) is 0.769. The maximum absolute atomic E-state index is 14.1. The molecule has 0 saturated carbocycles. The maximum atomic E-state index is 14.1. The summed E-state index contributed by atoms with van der Waals surface area (Å²) in [6.07, 6.45) is 6.13. The number of aliphatic hydroxyl groups is 1.